The fourth-order valence-electron chi connectivity index (χ4n) is 2.94. The normalized spacial score (nSPS) is 11.0. The molecule has 2 heterocycles. The Morgan fingerprint density at radius 2 is 2.11 bits per heavy atom. The Morgan fingerprint density at radius 1 is 1.32 bits per heavy atom. The van der Waals surface area contributed by atoms with Crippen LogP contribution in [0.4, 0.5) is 5.69 Å². The molecule has 0 atom stereocenters. The summed E-state index contributed by atoms with van der Waals surface area (Å²) in [6, 6.07) is 8.45. The molecular weight excluding hydrogens is 400 g/mol. The maximum Gasteiger partial charge on any atom is 0.356 e. The molecule has 6 nitrogen and oxygen atoms in total. The van der Waals surface area contributed by atoms with Crippen molar-refractivity contribution in [1.29, 1.82) is 0 Å². The Morgan fingerprint density at radius 3 is 2.82 bits per heavy atom. The van der Waals surface area contributed by atoms with E-state index >= 15 is 0 Å². The standard InChI is InChI=1S/C20H19ClN2O4S/c1-3-28-17-10-15(24)13-9-11(2)8-12(19(13)27-17)6-7-22-14-4-5-16(21)23-18(14)20(25)26/h4-5,8-10,22H,3,6-7H2,1-2H3,(H,25,26). The largest absolute Gasteiger partial charge is 0.476 e. The zero-order valence-corrected chi connectivity index (χ0v) is 17.0. The highest BCUT2D eigenvalue weighted by Crippen LogP contribution is 2.25. The maximum absolute atomic E-state index is 12.5. The summed E-state index contributed by atoms with van der Waals surface area (Å²) in [5, 5.41) is 13.6. The molecule has 0 radical (unpaired) electrons. The van der Waals surface area contributed by atoms with Crippen molar-refractivity contribution in [2.45, 2.75) is 25.4 Å². The molecule has 0 saturated heterocycles. The van der Waals surface area contributed by atoms with E-state index in [-0.39, 0.29) is 16.3 Å². The van der Waals surface area contributed by atoms with Gasteiger partial charge >= 0.3 is 5.97 Å². The number of thioether (sulfide) groups is 1. The van der Waals surface area contributed by atoms with Crippen LogP contribution in [0.1, 0.15) is 28.5 Å². The van der Waals surface area contributed by atoms with E-state index in [1.807, 2.05) is 26.0 Å². The van der Waals surface area contributed by atoms with Gasteiger partial charge in [-0.15, -0.1) is 0 Å². The third kappa shape index (κ3) is 4.48. The monoisotopic (exact) mass is 418 g/mol. The van der Waals surface area contributed by atoms with Crippen LogP contribution in [0, 0.1) is 6.92 Å². The molecule has 2 N–H and O–H groups in total. The van der Waals surface area contributed by atoms with Crippen LogP contribution >= 0.6 is 23.4 Å². The van der Waals surface area contributed by atoms with Crippen molar-refractivity contribution in [2.24, 2.45) is 0 Å². The van der Waals surface area contributed by atoms with Gasteiger partial charge in [0.25, 0.3) is 0 Å². The van der Waals surface area contributed by atoms with Crippen LogP contribution < -0.4 is 10.7 Å². The zero-order chi connectivity index (χ0) is 20.3. The molecule has 2 aromatic heterocycles. The SMILES string of the molecule is CCSc1cc(=O)c2cc(C)cc(CCNc3ccc(Cl)nc3C(=O)O)c2o1. The van der Waals surface area contributed by atoms with E-state index in [0.29, 0.717) is 34.7 Å². The van der Waals surface area contributed by atoms with Gasteiger partial charge in [0.1, 0.15) is 10.7 Å². The first-order valence-corrected chi connectivity index (χ1v) is 10.1. The van der Waals surface area contributed by atoms with Gasteiger partial charge in [-0.2, -0.15) is 0 Å². The first-order valence-electron chi connectivity index (χ1n) is 8.73. The number of anilines is 1. The zero-order valence-electron chi connectivity index (χ0n) is 15.4. The number of halogens is 1. The molecule has 0 spiro atoms. The molecule has 0 aliphatic rings. The quantitative estimate of drug-likeness (QED) is 0.427. The number of aromatic carboxylic acids is 1. The number of pyridine rings is 1. The fraction of sp³-hybridized carbons (Fsp3) is 0.250. The maximum atomic E-state index is 12.5. The minimum Gasteiger partial charge on any atom is -0.476 e. The molecule has 0 amide bonds. The summed E-state index contributed by atoms with van der Waals surface area (Å²) in [6.07, 6.45) is 0.545. The van der Waals surface area contributed by atoms with Gasteiger partial charge in [-0.3, -0.25) is 4.79 Å². The van der Waals surface area contributed by atoms with Crippen molar-refractivity contribution in [1.82, 2.24) is 4.98 Å². The number of rotatable bonds is 7. The number of nitrogens with one attached hydrogen (secondary N) is 1. The Bertz CT molecular complexity index is 1100. The summed E-state index contributed by atoms with van der Waals surface area (Å²) >= 11 is 7.26. The third-order valence-electron chi connectivity index (χ3n) is 4.09. The molecule has 3 aromatic rings. The summed E-state index contributed by atoms with van der Waals surface area (Å²) in [7, 11) is 0. The average Bonchev–Trinajstić information content (AvgIpc) is 2.64. The summed E-state index contributed by atoms with van der Waals surface area (Å²) < 4.78 is 5.96. The van der Waals surface area contributed by atoms with Crippen molar-refractivity contribution < 1.29 is 14.3 Å². The van der Waals surface area contributed by atoms with Crippen molar-refractivity contribution in [3.8, 4) is 0 Å². The number of benzene rings is 1. The lowest BCUT2D eigenvalue weighted by Gasteiger charge is -2.11. The molecule has 3 rings (SSSR count). The third-order valence-corrected chi connectivity index (χ3v) is 5.07. The number of hydrogen-bond acceptors (Lipinski definition) is 6. The second-order valence-electron chi connectivity index (χ2n) is 6.18. The highest BCUT2D eigenvalue weighted by Gasteiger charge is 2.14. The summed E-state index contributed by atoms with van der Waals surface area (Å²) in [5.41, 5.74) is 2.61. The van der Waals surface area contributed by atoms with E-state index in [1.54, 1.807) is 6.07 Å². The van der Waals surface area contributed by atoms with Gasteiger partial charge in [0.15, 0.2) is 16.2 Å². The Balaban J connectivity index is 1.89. The van der Waals surface area contributed by atoms with Crippen molar-refractivity contribution in [3.05, 3.63) is 62.5 Å². The minimum absolute atomic E-state index is 0.0647. The number of aryl methyl sites for hydroxylation is 1. The second kappa shape index (κ2) is 8.67. The van der Waals surface area contributed by atoms with E-state index in [2.05, 4.69) is 10.3 Å². The molecule has 0 unspecified atom stereocenters. The van der Waals surface area contributed by atoms with Crippen LogP contribution in [0.15, 0.2) is 44.6 Å². The van der Waals surface area contributed by atoms with Crippen LogP contribution in [-0.2, 0) is 6.42 Å². The van der Waals surface area contributed by atoms with Gasteiger partial charge in [0, 0.05) is 12.6 Å². The number of aromatic nitrogens is 1. The summed E-state index contributed by atoms with van der Waals surface area (Å²) in [6.45, 7) is 4.36. The van der Waals surface area contributed by atoms with Crippen molar-refractivity contribution >= 4 is 46.0 Å². The molecule has 1 aromatic carbocycles. The second-order valence-corrected chi connectivity index (χ2v) is 7.83. The van der Waals surface area contributed by atoms with Crippen LogP contribution in [0.5, 0.6) is 0 Å². The average molecular weight is 419 g/mol. The number of nitrogens with zero attached hydrogens (tertiary/aromatic N) is 1. The number of hydrogen-bond donors (Lipinski definition) is 2. The summed E-state index contributed by atoms with van der Waals surface area (Å²) in [5.74, 6) is -0.350. The topological polar surface area (TPSA) is 92.4 Å². The highest BCUT2D eigenvalue weighted by molar-refractivity contribution is 7.99. The van der Waals surface area contributed by atoms with Crippen molar-refractivity contribution in [3.63, 3.8) is 0 Å². The van der Waals surface area contributed by atoms with Crippen LogP contribution in [-0.4, -0.2) is 28.4 Å². The highest BCUT2D eigenvalue weighted by atomic mass is 35.5. The van der Waals surface area contributed by atoms with Crippen molar-refractivity contribution in [2.75, 3.05) is 17.6 Å². The lowest BCUT2D eigenvalue weighted by molar-refractivity contribution is 0.0691. The lowest BCUT2D eigenvalue weighted by Crippen LogP contribution is -2.12. The van der Waals surface area contributed by atoms with Gasteiger partial charge in [-0.05, 0) is 48.4 Å². The Kier molecular flexibility index (Phi) is 6.26. The van der Waals surface area contributed by atoms with E-state index in [1.165, 1.54) is 23.9 Å². The molecule has 8 heteroatoms. The van der Waals surface area contributed by atoms with Gasteiger partial charge in [-0.1, -0.05) is 36.4 Å². The number of fused-ring (bicyclic) bond motifs is 1. The molecule has 28 heavy (non-hydrogen) atoms. The summed E-state index contributed by atoms with van der Waals surface area (Å²) in [4.78, 5) is 27.6. The fourth-order valence-corrected chi connectivity index (χ4v) is 3.70. The van der Waals surface area contributed by atoms with E-state index in [4.69, 9.17) is 16.0 Å². The van der Waals surface area contributed by atoms with E-state index in [9.17, 15) is 14.7 Å². The smallest absolute Gasteiger partial charge is 0.356 e. The number of carboxylic acid groups (broad SMARTS) is 1. The number of carbonyl (C=O) groups is 1. The van der Waals surface area contributed by atoms with Crippen LogP contribution in [0.3, 0.4) is 0 Å². The van der Waals surface area contributed by atoms with Gasteiger partial charge in [-0.25, -0.2) is 9.78 Å². The Hall–Kier alpha value is -2.51. The van der Waals surface area contributed by atoms with Gasteiger partial charge in [0.05, 0.1) is 11.1 Å². The van der Waals surface area contributed by atoms with E-state index < -0.39 is 5.97 Å². The molecule has 0 bridgehead atoms. The molecule has 0 aliphatic carbocycles. The number of carboxylic acids is 1. The van der Waals surface area contributed by atoms with E-state index in [0.717, 1.165) is 16.9 Å². The van der Waals surface area contributed by atoms with Crippen LogP contribution in [0.25, 0.3) is 11.0 Å². The van der Waals surface area contributed by atoms with Gasteiger partial charge < -0.3 is 14.8 Å². The predicted molar refractivity (Wildman–Crippen MR) is 112 cm³/mol. The van der Waals surface area contributed by atoms with Gasteiger partial charge in [0.2, 0.25) is 0 Å². The molecule has 0 fully saturated rings. The lowest BCUT2D eigenvalue weighted by atomic mass is 10.0. The molecule has 146 valence electrons. The molecule has 0 aliphatic heterocycles. The Labute approximate surface area is 170 Å². The first kappa shape index (κ1) is 20.2. The first-order chi connectivity index (χ1) is 13.4. The molecule has 0 saturated carbocycles. The van der Waals surface area contributed by atoms with Crippen LogP contribution in [0.2, 0.25) is 5.15 Å². The predicted octanol–water partition coefficient (Wildman–Crippen LogP) is 4.61. The molecular formula is C20H19ClN2O4S. The minimum atomic E-state index is -1.15.